The third-order valence-corrected chi connectivity index (χ3v) is 5.91. The molecule has 0 amide bonds. The van der Waals surface area contributed by atoms with Gasteiger partial charge < -0.3 is 0 Å². The van der Waals surface area contributed by atoms with Crippen molar-refractivity contribution in [1.82, 2.24) is 14.3 Å². The average molecular weight is 376 g/mol. The van der Waals surface area contributed by atoms with E-state index in [1.165, 1.54) is 38.6 Å². The van der Waals surface area contributed by atoms with Crippen LogP contribution in [-0.2, 0) is 6.54 Å². The largest absolute Gasteiger partial charge is 0.297 e. The summed E-state index contributed by atoms with van der Waals surface area (Å²) in [4.78, 5) is 19.5. The molecule has 2 aromatic heterocycles. The number of fused-ring (bicyclic) bond motifs is 2. The van der Waals surface area contributed by atoms with Gasteiger partial charge in [-0.25, -0.2) is 4.98 Å². The number of likely N-dealkylation sites (tertiary alicyclic amines) is 1. The van der Waals surface area contributed by atoms with Crippen LogP contribution in [0.25, 0.3) is 5.65 Å². The lowest BCUT2D eigenvalue weighted by Gasteiger charge is -2.41. The van der Waals surface area contributed by atoms with E-state index in [9.17, 15) is 4.79 Å². The van der Waals surface area contributed by atoms with E-state index in [-0.39, 0.29) is 5.56 Å². The third-order valence-electron chi connectivity index (χ3n) is 5.44. The Morgan fingerprint density at radius 3 is 2.87 bits per heavy atom. The first-order valence-electron chi connectivity index (χ1n) is 8.59. The van der Waals surface area contributed by atoms with Crippen LogP contribution in [0.1, 0.15) is 37.8 Å². The Morgan fingerprint density at radius 2 is 2.00 bits per heavy atom. The number of rotatable bonds is 2. The van der Waals surface area contributed by atoms with Gasteiger partial charge in [-0.05, 0) is 59.3 Å². The van der Waals surface area contributed by atoms with Gasteiger partial charge in [0.05, 0.1) is 5.69 Å². The zero-order valence-electron chi connectivity index (χ0n) is 13.2. The molecule has 1 saturated heterocycles. The number of halogens is 1. The summed E-state index contributed by atoms with van der Waals surface area (Å²) in [6, 6.07) is 5.51. The first kappa shape index (κ1) is 15.3. The number of aromatic nitrogens is 2. The second-order valence-corrected chi connectivity index (χ2v) is 7.91. The highest BCUT2D eigenvalue weighted by Gasteiger charge is 2.31. The van der Waals surface area contributed by atoms with Gasteiger partial charge in [-0.1, -0.05) is 19.3 Å². The number of hydrogen-bond acceptors (Lipinski definition) is 3. The fourth-order valence-electron chi connectivity index (χ4n) is 4.26. The average Bonchev–Trinajstić information content (AvgIpc) is 2.55. The first-order chi connectivity index (χ1) is 11.2. The maximum atomic E-state index is 12.3. The van der Waals surface area contributed by atoms with Crippen molar-refractivity contribution in [1.29, 1.82) is 0 Å². The molecule has 3 heterocycles. The molecule has 0 aromatic carbocycles. The number of pyridine rings is 1. The molecule has 4 nitrogen and oxygen atoms in total. The molecular weight excluding hydrogens is 354 g/mol. The second kappa shape index (κ2) is 6.36. The van der Waals surface area contributed by atoms with Gasteiger partial charge in [0.25, 0.3) is 5.56 Å². The highest BCUT2D eigenvalue weighted by atomic mass is 79.9. The molecule has 1 aliphatic carbocycles. The Bertz CT molecular complexity index is 772. The molecule has 2 aliphatic rings. The van der Waals surface area contributed by atoms with Gasteiger partial charge in [0.1, 0.15) is 5.65 Å². The molecule has 4 rings (SSSR count). The van der Waals surface area contributed by atoms with E-state index in [1.807, 2.05) is 12.1 Å². The van der Waals surface area contributed by atoms with Crippen molar-refractivity contribution < 1.29 is 0 Å². The van der Waals surface area contributed by atoms with Crippen molar-refractivity contribution >= 4 is 21.6 Å². The van der Waals surface area contributed by atoms with Crippen molar-refractivity contribution in [2.45, 2.75) is 38.6 Å². The fourth-order valence-corrected chi connectivity index (χ4v) is 4.59. The fraction of sp³-hybridized carbons (Fsp3) is 0.556. The van der Waals surface area contributed by atoms with E-state index in [0.717, 1.165) is 40.7 Å². The smallest absolute Gasteiger partial charge is 0.258 e. The van der Waals surface area contributed by atoms with Gasteiger partial charge >= 0.3 is 0 Å². The van der Waals surface area contributed by atoms with Crippen LogP contribution in [0.5, 0.6) is 0 Å². The standard InChI is InChI=1S/C18H22BrN3O/c19-15-5-6-17-20-16(9-18(23)22(17)11-15)12-21-8-7-13-3-1-2-4-14(13)10-21/h5-6,9,11,13-14H,1-4,7-8,10,12H2/t13-,14-/m0/s1. The lowest BCUT2D eigenvalue weighted by molar-refractivity contribution is 0.0812. The van der Waals surface area contributed by atoms with E-state index < -0.39 is 0 Å². The number of piperidine rings is 1. The van der Waals surface area contributed by atoms with Gasteiger partial charge in [-0.3, -0.25) is 14.1 Å². The minimum Gasteiger partial charge on any atom is -0.297 e. The topological polar surface area (TPSA) is 37.6 Å². The highest BCUT2D eigenvalue weighted by molar-refractivity contribution is 9.10. The maximum absolute atomic E-state index is 12.3. The van der Waals surface area contributed by atoms with E-state index in [1.54, 1.807) is 16.7 Å². The predicted molar refractivity (Wildman–Crippen MR) is 94.5 cm³/mol. The summed E-state index contributed by atoms with van der Waals surface area (Å²) in [7, 11) is 0. The van der Waals surface area contributed by atoms with E-state index in [4.69, 9.17) is 0 Å². The zero-order chi connectivity index (χ0) is 15.8. The lowest BCUT2D eigenvalue weighted by Crippen LogP contribution is -2.41. The molecule has 0 unspecified atom stereocenters. The van der Waals surface area contributed by atoms with Crippen LogP contribution in [0.3, 0.4) is 0 Å². The van der Waals surface area contributed by atoms with Crippen molar-refractivity contribution in [2.24, 2.45) is 11.8 Å². The van der Waals surface area contributed by atoms with Gasteiger partial charge in [-0.15, -0.1) is 0 Å². The molecule has 2 atom stereocenters. The second-order valence-electron chi connectivity index (χ2n) is 6.99. The van der Waals surface area contributed by atoms with Gasteiger partial charge in [0, 0.05) is 29.8 Å². The molecule has 0 radical (unpaired) electrons. The minimum absolute atomic E-state index is 0.00106. The summed E-state index contributed by atoms with van der Waals surface area (Å²) < 4.78 is 2.49. The SMILES string of the molecule is O=c1cc(CN2CC[C@@H]3CCCC[C@H]3C2)nc2ccc(Br)cn12. The van der Waals surface area contributed by atoms with Crippen molar-refractivity contribution in [3.05, 3.63) is 44.9 Å². The van der Waals surface area contributed by atoms with Crippen molar-refractivity contribution in [2.75, 3.05) is 13.1 Å². The van der Waals surface area contributed by atoms with Crippen LogP contribution >= 0.6 is 15.9 Å². The molecule has 23 heavy (non-hydrogen) atoms. The number of hydrogen-bond donors (Lipinski definition) is 0. The Hall–Kier alpha value is -1.20. The summed E-state index contributed by atoms with van der Waals surface area (Å²) >= 11 is 3.40. The van der Waals surface area contributed by atoms with Crippen LogP contribution in [0.2, 0.25) is 0 Å². The summed E-state index contributed by atoms with van der Waals surface area (Å²) in [5, 5.41) is 0. The Morgan fingerprint density at radius 1 is 1.17 bits per heavy atom. The predicted octanol–water partition coefficient (Wildman–Crippen LogP) is 3.47. The molecule has 0 bridgehead atoms. The van der Waals surface area contributed by atoms with E-state index in [2.05, 4.69) is 25.8 Å². The molecule has 2 aromatic rings. The maximum Gasteiger partial charge on any atom is 0.258 e. The Labute approximate surface area is 144 Å². The molecule has 5 heteroatoms. The molecule has 0 N–H and O–H groups in total. The molecule has 2 fully saturated rings. The van der Waals surface area contributed by atoms with Crippen LogP contribution in [0, 0.1) is 11.8 Å². The summed E-state index contributed by atoms with van der Waals surface area (Å²) in [5.74, 6) is 1.79. The third kappa shape index (κ3) is 3.22. The van der Waals surface area contributed by atoms with Gasteiger partial charge in [0.15, 0.2) is 0 Å². The summed E-state index contributed by atoms with van der Waals surface area (Å²) in [5.41, 5.74) is 1.62. The Kier molecular flexibility index (Phi) is 4.24. The highest BCUT2D eigenvalue weighted by Crippen LogP contribution is 2.36. The lowest BCUT2D eigenvalue weighted by atomic mass is 9.75. The first-order valence-corrected chi connectivity index (χ1v) is 9.38. The summed E-state index contributed by atoms with van der Waals surface area (Å²) in [6.45, 7) is 3.11. The minimum atomic E-state index is -0.00106. The van der Waals surface area contributed by atoms with Crippen LogP contribution in [0.4, 0.5) is 0 Å². The molecule has 1 aliphatic heterocycles. The Balaban J connectivity index is 1.53. The van der Waals surface area contributed by atoms with Gasteiger partial charge in [0.2, 0.25) is 0 Å². The molecule has 0 spiro atoms. The molecule has 1 saturated carbocycles. The van der Waals surface area contributed by atoms with Crippen molar-refractivity contribution in [3.63, 3.8) is 0 Å². The monoisotopic (exact) mass is 375 g/mol. The van der Waals surface area contributed by atoms with Crippen molar-refractivity contribution in [3.8, 4) is 0 Å². The van der Waals surface area contributed by atoms with Gasteiger partial charge in [-0.2, -0.15) is 0 Å². The summed E-state index contributed by atoms with van der Waals surface area (Å²) in [6.07, 6.45) is 8.69. The quantitative estimate of drug-likeness (QED) is 0.806. The number of nitrogens with zero attached hydrogens (tertiary/aromatic N) is 3. The molecule has 122 valence electrons. The van der Waals surface area contributed by atoms with Crippen LogP contribution in [-0.4, -0.2) is 27.4 Å². The van der Waals surface area contributed by atoms with E-state index in [0.29, 0.717) is 0 Å². The van der Waals surface area contributed by atoms with E-state index >= 15 is 0 Å². The van der Waals surface area contributed by atoms with Crippen LogP contribution < -0.4 is 5.56 Å². The zero-order valence-corrected chi connectivity index (χ0v) is 14.8. The van der Waals surface area contributed by atoms with Crippen LogP contribution in [0.15, 0.2) is 33.7 Å². The molecular formula is C18H22BrN3O. The normalized spacial score (nSPS) is 25.4.